The molecule has 0 aliphatic carbocycles. The van der Waals surface area contributed by atoms with Crippen LogP contribution in [0.3, 0.4) is 0 Å². The third kappa shape index (κ3) is 5.79. The lowest BCUT2D eigenvalue weighted by Gasteiger charge is -2.19. The Hall–Kier alpha value is -2.00. The molecule has 2 aromatic rings. The van der Waals surface area contributed by atoms with E-state index in [-0.39, 0.29) is 0 Å². The molecule has 25 heavy (non-hydrogen) atoms. The topological polar surface area (TPSA) is 27.3 Å². The fourth-order valence-electron chi connectivity index (χ4n) is 3.23. The Balaban J connectivity index is 1.67. The molecule has 0 unspecified atom stereocenters. The van der Waals surface area contributed by atoms with E-state index in [0.717, 1.165) is 32.6 Å². The predicted octanol–water partition coefficient (Wildman–Crippen LogP) is 4.77. The zero-order chi connectivity index (χ0) is 18.2. The van der Waals surface area contributed by atoms with Gasteiger partial charge in [0.1, 0.15) is 0 Å². The molecule has 0 bridgehead atoms. The van der Waals surface area contributed by atoms with E-state index in [1.54, 1.807) is 0 Å². The SMILES string of the molecule is Cc1cccc(C)c1NCCCN(C)CCNc1c(C)cccc1C. The normalized spacial score (nSPS) is 11.0. The molecule has 2 aromatic carbocycles. The van der Waals surface area contributed by atoms with Crippen molar-refractivity contribution in [2.24, 2.45) is 0 Å². The van der Waals surface area contributed by atoms with Crippen molar-refractivity contribution in [2.75, 3.05) is 43.9 Å². The van der Waals surface area contributed by atoms with Crippen LogP contribution in [0, 0.1) is 27.7 Å². The molecule has 0 heterocycles. The number of anilines is 2. The highest BCUT2D eigenvalue weighted by molar-refractivity contribution is 5.57. The number of likely N-dealkylation sites (N-methyl/N-ethyl adjacent to an activating group) is 1. The number of para-hydroxylation sites is 2. The second kappa shape index (κ2) is 9.47. The third-order valence-electron chi connectivity index (χ3n) is 4.78. The Morgan fingerprint density at radius 3 is 1.60 bits per heavy atom. The minimum absolute atomic E-state index is 0.979. The van der Waals surface area contributed by atoms with E-state index in [2.05, 4.69) is 86.7 Å². The third-order valence-corrected chi connectivity index (χ3v) is 4.78. The van der Waals surface area contributed by atoms with Crippen molar-refractivity contribution in [1.82, 2.24) is 4.90 Å². The molecule has 2 N–H and O–H groups in total. The Morgan fingerprint density at radius 1 is 0.680 bits per heavy atom. The van der Waals surface area contributed by atoms with E-state index < -0.39 is 0 Å². The molecule has 136 valence electrons. The Labute approximate surface area is 153 Å². The van der Waals surface area contributed by atoms with Crippen LogP contribution in [0.2, 0.25) is 0 Å². The van der Waals surface area contributed by atoms with Gasteiger partial charge in [0, 0.05) is 31.0 Å². The monoisotopic (exact) mass is 339 g/mol. The summed E-state index contributed by atoms with van der Waals surface area (Å²) in [6.07, 6.45) is 1.15. The zero-order valence-electron chi connectivity index (χ0n) is 16.4. The van der Waals surface area contributed by atoms with Crippen molar-refractivity contribution in [3.05, 3.63) is 58.7 Å². The first-order valence-electron chi connectivity index (χ1n) is 9.27. The van der Waals surface area contributed by atoms with Gasteiger partial charge in [-0.25, -0.2) is 0 Å². The van der Waals surface area contributed by atoms with Crippen molar-refractivity contribution in [3.63, 3.8) is 0 Å². The van der Waals surface area contributed by atoms with Gasteiger partial charge in [0.25, 0.3) is 0 Å². The molecule has 0 aromatic heterocycles. The van der Waals surface area contributed by atoms with Gasteiger partial charge >= 0.3 is 0 Å². The van der Waals surface area contributed by atoms with Crippen molar-refractivity contribution < 1.29 is 0 Å². The molecular weight excluding hydrogens is 306 g/mol. The lowest BCUT2D eigenvalue weighted by molar-refractivity contribution is 0.345. The van der Waals surface area contributed by atoms with Crippen LogP contribution < -0.4 is 10.6 Å². The molecular formula is C22H33N3. The smallest absolute Gasteiger partial charge is 0.0400 e. The van der Waals surface area contributed by atoms with E-state index in [4.69, 9.17) is 0 Å². The number of rotatable bonds is 9. The number of nitrogens with one attached hydrogen (secondary N) is 2. The maximum Gasteiger partial charge on any atom is 0.0400 e. The summed E-state index contributed by atoms with van der Waals surface area (Å²) >= 11 is 0. The van der Waals surface area contributed by atoms with Gasteiger partial charge in [0.05, 0.1) is 0 Å². The van der Waals surface area contributed by atoms with Crippen LogP contribution in [0.5, 0.6) is 0 Å². The van der Waals surface area contributed by atoms with Gasteiger partial charge in [0.15, 0.2) is 0 Å². The summed E-state index contributed by atoms with van der Waals surface area (Å²) in [5, 5.41) is 7.18. The fourth-order valence-corrected chi connectivity index (χ4v) is 3.23. The first-order chi connectivity index (χ1) is 12.0. The number of nitrogens with zero attached hydrogens (tertiary/aromatic N) is 1. The number of benzene rings is 2. The summed E-state index contributed by atoms with van der Waals surface area (Å²) in [4.78, 5) is 2.40. The van der Waals surface area contributed by atoms with E-state index in [9.17, 15) is 0 Å². The molecule has 2 rings (SSSR count). The average Bonchev–Trinajstić information content (AvgIpc) is 2.56. The van der Waals surface area contributed by atoms with Crippen LogP contribution in [0.25, 0.3) is 0 Å². The summed E-state index contributed by atoms with van der Waals surface area (Å²) in [7, 11) is 2.20. The van der Waals surface area contributed by atoms with E-state index >= 15 is 0 Å². The van der Waals surface area contributed by atoms with Crippen LogP contribution in [0.15, 0.2) is 36.4 Å². The fraction of sp³-hybridized carbons (Fsp3) is 0.455. The minimum atomic E-state index is 0.979. The van der Waals surface area contributed by atoms with E-state index in [1.807, 2.05) is 0 Å². The summed E-state index contributed by atoms with van der Waals surface area (Å²) in [6, 6.07) is 12.9. The van der Waals surface area contributed by atoms with Crippen LogP contribution >= 0.6 is 0 Å². The van der Waals surface area contributed by atoms with Crippen LogP contribution in [-0.2, 0) is 0 Å². The van der Waals surface area contributed by atoms with Gasteiger partial charge in [-0.05, 0) is 70.0 Å². The van der Waals surface area contributed by atoms with Gasteiger partial charge in [-0.2, -0.15) is 0 Å². The van der Waals surface area contributed by atoms with Crippen molar-refractivity contribution in [1.29, 1.82) is 0 Å². The van der Waals surface area contributed by atoms with Gasteiger partial charge in [0.2, 0.25) is 0 Å². The standard InChI is InChI=1S/C22H33N3/c1-17-9-6-10-18(2)21(17)23-13-8-15-25(5)16-14-24-22-19(3)11-7-12-20(22)4/h6-7,9-12,23-24H,8,13-16H2,1-5H3. The summed E-state index contributed by atoms with van der Waals surface area (Å²) in [5.41, 5.74) is 7.87. The first-order valence-corrected chi connectivity index (χ1v) is 9.27. The van der Waals surface area contributed by atoms with Crippen LogP contribution in [0.1, 0.15) is 28.7 Å². The van der Waals surface area contributed by atoms with Crippen LogP contribution in [0.4, 0.5) is 11.4 Å². The van der Waals surface area contributed by atoms with Crippen LogP contribution in [-0.4, -0.2) is 38.1 Å². The maximum atomic E-state index is 3.59. The second-order valence-electron chi connectivity index (χ2n) is 7.04. The molecule has 3 heteroatoms. The quantitative estimate of drug-likeness (QED) is 0.645. The molecule has 0 saturated heterocycles. The van der Waals surface area contributed by atoms with Crippen molar-refractivity contribution in [3.8, 4) is 0 Å². The zero-order valence-corrected chi connectivity index (χ0v) is 16.4. The van der Waals surface area contributed by atoms with E-state index in [1.165, 1.54) is 33.6 Å². The molecule has 0 aliphatic heterocycles. The minimum Gasteiger partial charge on any atom is -0.385 e. The Bertz CT molecular complexity index is 638. The summed E-state index contributed by atoms with van der Waals surface area (Å²) < 4.78 is 0. The highest BCUT2D eigenvalue weighted by Crippen LogP contribution is 2.20. The molecule has 0 saturated carbocycles. The van der Waals surface area contributed by atoms with Crippen molar-refractivity contribution in [2.45, 2.75) is 34.1 Å². The second-order valence-corrected chi connectivity index (χ2v) is 7.04. The Kier molecular flexibility index (Phi) is 7.32. The summed E-state index contributed by atoms with van der Waals surface area (Å²) in [5.74, 6) is 0. The van der Waals surface area contributed by atoms with Gasteiger partial charge in [-0.1, -0.05) is 36.4 Å². The lowest BCUT2D eigenvalue weighted by atomic mass is 10.1. The van der Waals surface area contributed by atoms with Gasteiger partial charge in [-0.15, -0.1) is 0 Å². The number of hydrogen-bond donors (Lipinski definition) is 2. The predicted molar refractivity (Wildman–Crippen MR) is 111 cm³/mol. The van der Waals surface area contributed by atoms with Gasteiger partial charge in [-0.3, -0.25) is 0 Å². The van der Waals surface area contributed by atoms with E-state index in [0.29, 0.717) is 0 Å². The molecule has 0 amide bonds. The maximum absolute atomic E-state index is 3.59. The molecule has 0 spiro atoms. The molecule has 0 aliphatic rings. The molecule has 0 radical (unpaired) electrons. The molecule has 0 fully saturated rings. The largest absolute Gasteiger partial charge is 0.385 e. The number of aryl methyl sites for hydroxylation is 4. The first kappa shape index (κ1) is 19.3. The number of hydrogen-bond acceptors (Lipinski definition) is 3. The highest BCUT2D eigenvalue weighted by atomic mass is 15.1. The summed E-state index contributed by atoms with van der Waals surface area (Å²) in [6.45, 7) is 12.8. The highest BCUT2D eigenvalue weighted by Gasteiger charge is 2.04. The molecule has 3 nitrogen and oxygen atoms in total. The molecule has 0 atom stereocenters. The lowest BCUT2D eigenvalue weighted by Crippen LogP contribution is -2.27. The van der Waals surface area contributed by atoms with Gasteiger partial charge < -0.3 is 15.5 Å². The Morgan fingerprint density at radius 2 is 1.12 bits per heavy atom. The van der Waals surface area contributed by atoms with Crippen molar-refractivity contribution >= 4 is 11.4 Å². The average molecular weight is 340 g/mol.